The molecule has 0 fully saturated rings. The molecule has 0 radical (unpaired) electrons. The number of likely N-dealkylation sites (N-methyl/N-ethyl adjacent to an activating group) is 1. The number of nitrogens with two attached hydrogens (primary N) is 1. The van der Waals surface area contributed by atoms with E-state index >= 15 is 0 Å². The van der Waals surface area contributed by atoms with Gasteiger partial charge in [0.2, 0.25) is 0 Å². The van der Waals surface area contributed by atoms with Gasteiger partial charge in [-0.2, -0.15) is 0 Å². The number of nitrogens with zero attached hydrogens (tertiary/aromatic N) is 3. The van der Waals surface area contributed by atoms with Gasteiger partial charge in [-0.05, 0) is 19.4 Å². The molecule has 1 unspecified atom stereocenters. The Bertz CT molecular complexity index is 306. The Hall–Kier alpha value is -0.870. The number of hydrogen-bond donors (Lipinski definition) is 1. The molecule has 0 aromatic carbocycles. The molecule has 0 aliphatic rings. The highest BCUT2D eigenvalue weighted by Crippen LogP contribution is 2.05. The SMILES string of the molecule is CC(C)CC(N)CN(C)Cc1nccn1C. The summed E-state index contributed by atoms with van der Waals surface area (Å²) in [5, 5.41) is 0. The van der Waals surface area contributed by atoms with Crippen LogP contribution in [0.4, 0.5) is 0 Å². The van der Waals surface area contributed by atoms with Gasteiger partial charge in [0.25, 0.3) is 0 Å². The second-order valence-corrected chi connectivity index (χ2v) is 5.04. The lowest BCUT2D eigenvalue weighted by Gasteiger charge is -2.22. The maximum absolute atomic E-state index is 6.07. The predicted molar refractivity (Wildman–Crippen MR) is 67.0 cm³/mol. The summed E-state index contributed by atoms with van der Waals surface area (Å²) in [5.74, 6) is 1.75. The summed E-state index contributed by atoms with van der Waals surface area (Å²) in [6.45, 7) is 6.19. The van der Waals surface area contributed by atoms with Crippen LogP contribution in [0.1, 0.15) is 26.1 Å². The lowest BCUT2D eigenvalue weighted by atomic mass is 10.0. The van der Waals surface area contributed by atoms with E-state index in [9.17, 15) is 0 Å². The van der Waals surface area contributed by atoms with Crippen LogP contribution >= 0.6 is 0 Å². The highest BCUT2D eigenvalue weighted by atomic mass is 15.2. The molecule has 0 saturated carbocycles. The van der Waals surface area contributed by atoms with Crippen molar-refractivity contribution in [1.82, 2.24) is 14.5 Å². The molecule has 0 aliphatic heterocycles. The molecule has 0 spiro atoms. The number of aryl methyl sites for hydroxylation is 1. The molecule has 0 amide bonds. The molecule has 4 heteroatoms. The highest BCUT2D eigenvalue weighted by Gasteiger charge is 2.10. The fraction of sp³-hybridized carbons (Fsp3) is 0.750. The van der Waals surface area contributed by atoms with E-state index in [4.69, 9.17) is 5.73 Å². The molecule has 2 N–H and O–H groups in total. The normalized spacial score (nSPS) is 13.7. The van der Waals surface area contributed by atoms with Crippen LogP contribution in [0.15, 0.2) is 12.4 Å². The van der Waals surface area contributed by atoms with Crippen molar-refractivity contribution >= 4 is 0 Å². The zero-order valence-corrected chi connectivity index (χ0v) is 10.8. The third-order valence-electron chi connectivity index (χ3n) is 2.65. The van der Waals surface area contributed by atoms with Gasteiger partial charge < -0.3 is 10.3 Å². The van der Waals surface area contributed by atoms with Gasteiger partial charge in [0.1, 0.15) is 5.82 Å². The number of rotatable bonds is 6. The van der Waals surface area contributed by atoms with Gasteiger partial charge in [0.15, 0.2) is 0 Å². The smallest absolute Gasteiger partial charge is 0.122 e. The maximum Gasteiger partial charge on any atom is 0.122 e. The molecule has 0 bridgehead atoms. The first-order valence-electron chi connectivity index (χ1n) is 5.89. The zero-order valence-electron chi connectivity index (χ0n) is 10.8. The highest BCUT2D eigenvalue weighted by molar-refractivity contribution is 4.90. The molecule has 4 nitrogen and oxygen atoms in total. The molecular weight excluding hydrogens is 200 g/mol. The van der Waals surface area contributed by atoms with Crippen LogP contribution in [-0.2, 0) is 13.6 Å². The first-order chi connectivity index (χ1) is 7.49. The van der Waals surface area contributed by atoms with E-state index in [1.807, 2.05) is 24.0 Å². The molecule has 1 aromatic rings. The van der Waals surface area contributed by atoms with E-state index in [0.717, 1.165) is 25.3 Å². The largest absolute Gasteiger partial charge is 0.337 e. The van der Waals surface area contributed by atoms with Crippen molar-refractivity contribution in [3.63, 3.8) is 0 Å². The average molecular weight is 224 g/mol. The van der Waals surface area contributed by atoms with Crippen molar-refractivity contribution in [2.24, 2.45) is 18.7 Å². The molecule has 0 aliphatic carbocycles. The molecule has 92 valence electrons. The summed E-state index contributed by atoms with van der Waals surface area (Å²) in [7, 11) is 4.11. The van der Waals surface area contributed by atoms with Crippen molar-refractivity contribution in [1.29, 1.82) is 0 Å². The average Bonchev–Trinajstić information content (AvgIpc) is 2.49. The van der Waals surface area contributed by atoms with Gasteiger partial charge in [0.05, 0.1) is 6.54 Å². The summed E-state index contributed by atoms with van der Waals surface area (Å²) >= 11 is 0. The van der Waals surface area contributed by atoms with Crippen LogP contribution in [0, 0.1) is 5.92 Å². The zero-order chi connectivity index (χ0) is 12.1. The van der Waals surface area contributed by atoms with E-state index in [1.54, 1.807) is 0 Å². The van der Waals surface area contributed by atoms with Crippen LogP contribution in [0.5, 0.6) is 0 Å². The Kier molecular flexibility index (Phi) is 4.96. The Morgan fingerprint density at radius 2 is 2.19 bits per heavy atom. The van der Waals surface area contributed by atoms with E-state index in [2.05, 4.69) is 30.8 Å². The van der Waals surface area contributed by atoms with Gasteiger partial charge in [-0.25, -0.2) is 4.98 Å². The topological polar surface area (TPSA) is 47.1 Å². The minimum atomic E-state index is 0.255. The van der Waals surface area contributed by atoms with E-state index < -0.39 is 0 Å². The summed E-state index contributed by atoms with van der Waals surface area (Å²) in [4.78, 5) is 6.54. The van der Waals surface area contributed by atoms with Crippen LogP contribution in [0.2, 0.25) is 0 Å². The molecule has 0 saturated heterocycles. The molecule has 1 rings (SSSR count). The Morgan fingerprint density at radius 1 is 1.50 bits per heavy atom. The third-order valence-corrected chi connectivity index (χ3v) is 2.65. The Morgan fingerprint density at radius 3 is 2.69 bits per heavy atom. The fourth-order valence-corrected chi connectivity index (χ4v) is 1.94. The number of imidazole rings is 1. The van der Waals surface area contributed by atoms with E-state index in [-0.39, 0.29) is 6.04 Å². The molecule has 1 aromatic heterocycles. The van der Waals surface area contributed by atoms with Crippen molar-refractivity contribution in [2.45, 2.75) is 32.9 Å². The number of aromatic nitrogens is 2. The van der Waals surface area contributed by atoms with Gasteiger partial charge in [-0.1, -0.05) is 13.8 Å². The monoisotopic (exact) mass is 224 g/mol. The van der Waals surface area contributed by atoms with Crippen LogP contribution in [0.3, 0.4) is 0 Å². The van der Waals surface area contributed by atoms with E-state index in [1.165, 1.54) is 0 Å². The van der Waals surface area contributed by atoms with Crippen LogP contribution in [0.25, 0.3) is 0 Å². The van der Waals surface area contributed by atoms with Crippen LogP contribution < -0.4 is 5.73 Å². The van der Waals surface area contributed by atoms with Crippen molar-refractivity contribution in [3.8, 4) is 0 Å². The first-order valence-corrected chi connectivity index (χ1v) is 5.89. The Labute approximate surface area is 98.5 Å². The standard InChI is InChI=1S/C12H24N4/c1-10(2)7-11(13)8-15(3)9-12-14-5-6-16(12)4/h5-6,10-11H,7-9,13H2,1-4H3. The second-order valence-electron chi connectivity index (χ2n) is 5.04. The lowest BCUT2D eigenvalue weighted by molar-refractivity contribution is 0.278. The van der Waals surface area contributed by atoms with Crippen molar-refractivity contribution in [2.75, 3.05) is 13.6 Å². The Balaban J connectivity index is 2.36. The summed E-state index contributed by atoms with van der Waals surface area (Å²) in [5.41, 5.74) is 6.07. The summed E-state index contributed by atoms with van der Waals surface area (Å²) < 4.78 is 2.05. The van der Waals surface area contributed by atoms with Crippen LogP contribution in [-0.4, -0.2) is 34.1 Å². The van der Waals surface area contributed by atoms with Gasteiger partial charge in [-0.3, -0.25) is 4.90 Å². The van der Waals surface area contributed by atoms with Crippen molar-refractivity contribution in [3.05, 3.63) is 18.2 Å². The second kappa shape index (κ2) is 6.01. The molecule has 1 atom stereocenters. The summed E-state index contributed by atoms with van der Waals surface area (Å²) in [6.07, 6.45) is 4.87. The van der Waals surface area contributed by atoms with Gasteiger partial charge in [-0.15, -0.1) is 0 Å². The van der Waals surface area contributed by atoms with E-state index in [0.29, 0.717) is 5.92 Å². The quantitative estimate of drug-likeness (QED) is 0.790. The molecule has 1 heterocycles. The number of hydrogen-bond acceptors (Lipinski definition) is 3. The summed E-state index contributed by atoms with van der Waals surface area (Å²) in [6, 6.07) is 0.255. The fourth-order valence-electron chi connectivity index (χ4n) is 1.94. The molecule has 16 heavy (non-hydrogen) atoms. The minimum Gasteiger partial charge on any atom is -0.337 e. The lowest BCUT2D eigenvalue weighted by Crippen LogP contribution is -2.36. The van der Waals surface area contributed by atoms with Gasteiger partial charge in [0, 0.05) is 32.0 Å². The maximum atomic E-state index is 6.07. The molecular formula is C12H24N4. The third kappa shape index (κ3) is 4.33. The van der Waals surface area contributed by atoms with Gasteiger partial charge >= 0.3 is 0 Å². The predicted octanol–water partition coefficient (Wildman–Crippen LogP) is 1.23. The first kappa shape index (κ1) is 13.2. The minimum absolute atomic E-state index is 0.255. The van der Waals surface area contributed by atoms with Crippen molar-refractivity contribution < 1.29 is 0 Å².